The first kappa shape index (κ1) is 15.6. The zero-order chi connectivity index (χ0) is 15.2. The van der Waals surface area contributed by atoms with Gasteiger partial charge in [-0.3, -0.25) is 19.9 Å². The van der Waals surface area contributed by atoms with Crippen molar-refractivity contribution >= 4 is 45.2 Å². The molecule has 0 radical (unpaired) electrons. The van der Waals surface area contributed by atoms with Crippen LogP contribution in [-0.2, 0) is 4.79 Å². The lowest BCUT2D eigenvalue weighted by molar-refractivity contribution is -0.384. The quantitative estimate of drug-likeness (QED) is 0.659. The van der Waals surface area contributed by atoms with E-state index in [-0.39, 0.29) is 23.0 Å². The summed E-state index contributed by atoms with van der Waals surface area (Å²) in [5.74, 6) is 1.18. The summed E-state index contributed by atoms with van der Waals surface area (Å²) in [4.78, 5) is 26.5. The molecule has 0 aromatic heterocycles. The van der Waals surface area contributed by atoms with E-state index in [1.165, 1.54) is 31.0 Å². The van der Waals surface area contributed by atoms with E-state index in [0.29, 0.717) is 5.75 Å². The predicted octanol–water partition coefficient (Wildman–Crippen LogP) is 2.38. The second-order valence-electron chi connectivity index (χ2n) is 3.97. The monoisotopic (exact) mass is 327 g/mol. The first-order chi connectivity index (χ1) is 10.1. The highest BCUT2D eigenvalue weighted by atomic mass is 32.2. The molecule has 0 atom stereocenters. The van der Waals surface area contributed by atoms with Crippen molar-refractivity contribution in [2.45, 2.75) is 0 Å². The SMILES string of the molecule is COc1ccc(NC(=O)CSC2=NCCS2)c([N+](=O)[O-])c1. The summed E-state index contributed by atoms with van der Waals surface area (Å²) in [6, 6.07) is 4.30. The molecule has 7 nitrogen and oxygen atoms in total. The van der Waals surface area contributed by atoms with Crippen molar-refractivity contribution in [3.05, 3.63) is 28.3 Å². The number of benzene rings is 1. The molecule has 2 rings (SSSR count). The van der Waals surface area contributed by atoms with Crippen LogP contribution in [0.3, 0.4) is 0 Å². The summed E-state index contributed by atoms with van der Waals surface area (Å²) < 4.78 is 5.82. The van der Waals surface area contributed by atoms with Crippen molar-refractivity contribution in [3.63, 3.8) is 0 Å². The number of thioether (sulfide) groups is 2. The Labute approximate surface area is 129 Å². The number of nitro groups is 1. The number of nitrogens with one attached hydrogen (secondary N) is 1. The number of methoxy groups -OCH3 is 1. The van der Waals surface area contributed by atoms with Gasteiger partial charge in [0.2, 0.25) is 5.91 Å². The maximum absolute atomic E-state index is 11.8. The average molecular weight is 327 g/mol. The summed E-state index contributed by atoms with van der Waals surface area (Å²) in [6.07, 6.45) is 0. The van der Waals surface area contributed by atoms with Gasteiger partial charge in [-0.2, -0.15) is 0 Å². The van der Waals surface area contributed by atoms with Crippen LogP contribution in [0.1, 0.15) is 0 Å². The summed E-state index contributed by atoms with van der Waals surface area (Å²) in [5.41, 5.74) is -0.0345. The molecule has 1 aromatic carbocycles. The molecule has 0 aliphatic carbocycles. The summed E-state index contributed by atoms with van der Waals surface area (Å²) >= 11 is 2.95. The van der Waals surface area contributed by atoms with E-state index in [1.807, 2.05) is 0 Å². The molecular formula is C12H13N3O4S2. The Morgan fingerprint density at radius 3 is 3.05 bits per heavy atom. The number of anilines is 1. The molecule has 1 amide bonds. The van der Waals surface area contributed by atoms with Crippen LogP contribution in [0.15, 0.2) is 23.2 Å². The van der Waals surface area contributed by atoms with Crippen LogP contribution in [0.2, 0.25) is 0 Å². The van der Waals surface area contributed by atoms with Crippen molar-refractivity contribution in [3.8, 4) is 5.75 Å². The first-order valence-electron chi connectivity index (χ1n) is 6.02. The van der Waals surface area contributed by atoms with Gasteiger partial charge in [-0.15, -0.1) is 0 Å². The zero-order valence-electron chi connectivity index (χ0n) is 11.2. The number of carbonyl (C=O) groups is 1. The number of hydrogen-bond donors (Lipinski definition) is 1. The van der Waals surface area contributed by atoms with Crippen molar-refractivity contribution in [1.29, 1.82) is 0 Å². The fourth-order valence-electron chi connectivity index (χ4n) is 1.61. The Kier molecular flexibility index (Phi) is 5.45. The molecule has 1 aromatic rings. The van der Waals surface area contributed by atoms with Gasteiger partial charge in [0.15, 0.2) is 0 Å². The maximum Gasteiger partial charge on any atom is 0.296 e. The third-order valence-corrected chi connectivity index (χ3v) is 4.81. The molecule has 0 saturated carbocycles. The Balaban J connectivity index is 2.00. The Morgan fingerprint density at radius 1 is 1.62 bits per heavy atom. The van der Waals surface area contributed by atoms with E-state index in [0.717, 1.165) is 16.7 Å². The second-order valence-corrected chi connectivity index (χ2v) is 6.28. The second kappa shape index (κ2) is 7.32. The molecule has 9 heteroatoms. The van der Waals surface area contributed by atoms with Crippen LogP contribution in [0.4, 0.5) is 11.4 Å². The minimum absolute atomic E-state index is 0.160. The number of aliphatic imine (C=N–C) groups is 1. The lowest BCUT2D eigenvalue weighted by Gasteiger charge is -2.07. The molecule has 1 aliphatic heterocycles. The highest BCUT2D eigenvalue weighted by Gasteiger charge is 2.18. The van der Waals surface area contributed by atoms with E-state index in [1.54, 1.807) is 17.8 Å². The lowest BCUT2D eigenvalue weighted by Crippen LogP contribution is -2.15. The molecule has 0 fully saturated rings. The van der Waals surface area contributed by atoms with Crippen LogP contribution < -0.4 is 10.1 Å². The topological polar surface area (TPSA) is 93.8 Å². The molecule has 112 valence electrons. The van der Waals surface area contributed by atoms with E-state index in [4.69, 9.17) is 4.74 Å². The minimum Gasteiger partial charge on any atom is -0.496 e. The summed E-state index contributed by atoms with van der Waals surface area (Å²) in [5, 5.41) is 13.6. The highest BCUT2D eigenvalue weighted by molar-refractivity contribution is 8.39. The van der Waals surface area contributed by atoms with Gasteiger partial charge in [-0.1, -0.05) is 23.5 Å². The zero-order valence-corrected chi connectivity index (χ0v) is 12.8. The largest absolute Gasteiger partial charge is 0.496 e. The fraction of sp³-hybridized carbons (Fsp3) is 0.333. The molecule has 1 heterocycles. The Hall–Kier alpha value is -1.74. The van der Waals surface area contributed by atoms with Crippen LogP contribution in [-0.4, -0.2) is 40.4 Å². The van der Waals surface area contributed by atoms with Crippen LogP contribution in [0, 0.1) is 10.1 Å². The molecule has 1 aliphatic rings. The van der Waals surface area contributed by atoms with Crippen molar-refractivity contribution < 1.29 is 14.5 Å². The number of nitro benzene ring substituents is 1. The molecule has 0 bridgehead atoms. The number of nitrogens with zero attached hydrogens (tertiary/aromatic N) is 2. The lowest BCUT2D eigenvalue weighted by atomic mass is 10.2. The van der Waals surface area contributed by atoms with E-state index in [9.17, 15) is 14.9 Å². The molecule has 0 unspecified atom stereocenters. The van der Waals surface area contributed by atoms with Crippen molar-refractivity contribution in [2.24, 2.45) is 4.99 Å². The third-order valence-electron chi connectivity index (χ3n) is 2.56. The highest BCUT2D eigenvalue weighted by Crippen LogP contribution is 2.29. The standard InChI is InChI=1S/C12H13N3O4S2/c1-19-8-2-3-9(10(6-8)15(17)18)14-11(16)7-21-12-13-4-5-20-12/h2-3,6H,4-5,7H2,1H3,(H,14,16). The summed E-state index contributed by atoms with van der Waals surface area (Å²) in [6.45, 7) is 0.776. The van der Waals surface area contributed by atoms with E-state index >= 15 is 0 Å². The Morgan fingerprint density at radius 2 is 2.43 bits per heavy atom. The van der Waals surface area contributed by atoms with Gasteiger partial charge in [0, 0.05) is 5.75 Å². The van der Waals surface area contributed by atoms with Gasteiger partial charge in [-0.05, 0) is 12.1 Å². The number of hydrogen-bond acceptors (Lipinski definition) is 7. The number of ether oxygens (including phenoxy) is 1. The van der Waals surface area contributed by atoms with E-state index in [2.05, 4.69) is 10.3 Å². The smallest absolute Gasteiger partial charge is 0.296 e. The van der Waals surface area contributed by atoms with Gasteiger partial charge in [-0.25, -0.2) is 0 Å². The van der Waals surface area contributed by atoms with Crippen LogP contribution in [0.5, 0.6) is 5.75 Å². The first-order valence-corrected chi connectivity index (χ1v) is 7.99. The number of rotatable bonds is 5. The average Bonchev–Trinajstić information content (AvgIpc) is 2.98. The minimum atomic E-state index is -0.553. The van der Waals surface area contributed by atoms with Gasteiger partial charge < -0.3 is 10.1 Å². The van der Waals surface area contributed by atoms with Crippen molar-refractivity contribution in [2.75, 3.05) is 30.5 Å². The van der Waals surface area contributed by atoms with Gasteiger partial charge in [0.1, 0.15) is 15.8 Å². The molecular weight excluding hydrogens is 314 g/mol. The fourth-order valence-corrected chi connectivity index (χ4v) is 3.42. The normalized spacial score (nSPS) is 13.7. The van der Waals surface area contributed by atoms with Gasteiger partial charge >= 0.3 is 0 Å². The molecule has 1 N–H and O–H groups in total. The molecule has 21 heavy (non-hydrogen) atoms. The van der Waals surface area contributed by atoms with Gasteiger partial charge in [0.25, 0.3) is 5.69 Å². The number of amides is 1. The van der Waals surface area contributed by atoms with E-state index < -0.39 is 4.92 Å². The molecule has 0 saturated heterocycles. The number of carbonyl (C=O) groups excluding carboxylic acids is 1. The van der Waals surface area contributed by atoms with Crippen molar-refractivity contribution in [1.82, 2.24) is 0 Å². The van der Waals surface area contributed by atoms with Crippen LogP contribution in [0.25, 0.3) is 0 Å². The van der Waals surface area contributed by atoms with Gasteiger partial charge in [0.05, 0.1) is 30.4 Å². The van der Waals surface area contributed by atoms with Crippen LogP contribution >= 0.6 is 23.5 Å². The summed E-state index contributed by atoms with van der Waals surface area (Å²) in [7, 11) is 1.42. The molecule has 0 spiro atoms. The third kappa shape index (κ3) is 4.36. The Bertz CT molecular complexity index is 592. The maximum atomic E-state index is 11.8. The predicted molar refractivity (Wildman–Crippen MR) is 85.5 cm³/mol.